The van der Waals surface area contributed by atoms with Crippen LogP contribution in [0.15, 0.2) is 0 Å². The third-order valence-corrected chi connectivity index (χ3v) is 2.45. The lowest BCUT2D eigenvalue weighted by Crippen LogP contribution is -2.39. The van der Waals surface area contributed by atoms with Gasteiger partial charge in [-0.2, -0.15) is 15.0 Å². The van der Waals surface area contributed by atoms with Crippen LogP contribution < -0.4 is 10.6 Å². The van der Waals surface area contributed by atoms with Crippen molar-refractivity contribution < 1.29 is 5.11 Å². The van der Waals surface area contributed by atoms with Gasteiger partial charge >= 0.3 is 0 Å². The highest BCUT2D eigenvalue weighted by Gasteiger charge is 2.27. The van der Waals surface area contributed by atoms with Gasteiger partial charge in [0, 0.05) is 13.1 Å². The molecule has 7 heteroatoms. The minimum Gasteiger partial charge on any atom is -0.393 e. The standard InChI is InChI=1S/C8H12ClN5O/c1-10-7-12-6(9)13-8(14-7)11-4-2-5(15)3-4/h4-5,15H,2-3H2,1H3,(H2,10,11,12,13,14). The van der Waals surface area contributed by atoms with Gasteiger partial charge in [-0.1, -0.05) is 0 Å². The van der Waals surface area contributed by atoms with E-state index >= 15 is 0 Å². The summed E-state index contributed by atoms with van der Waals surface area (Å²) in [6.45, 7) is 0. The average molecular weight is 230 g/mol. The molecule has 0 atom stereocenters. The quantitative estimate of drug-likeness (QED) is 0.700. The summed E-state index contributed by atoms with van der Waals surface area (Å²) in [5.41, 5.74) is 0. The van der Waals surface area contributed by atoms with Gasteiger partial charge in [-0.25, -0.2) is 0 Å². The molecule has 1 fully saturated rings. The molecule has 0 aromatic carbocycles. The SMILES string of the molecule is CNc1nc(Cl)nc(NC2CC(O)C2)n1. The van der Waals surface area contributed by atoms with Crippen molar-refractivity contribution in [2.75, 3.05) is 17.7 Å². The van der Waals surface area contributed by atoms with E-state index in [1.54, 1.807) is 7.05 Å². The van der Waals surface area contributed by atoms with Gasteiger partial charge in [-0.3, -0.25) is 0 Å². The summed E-state index contributed by atoms with van der Waals surface area (Å²) in [4.78, 5) is 11.9. The van der Waals surface area contributed by atoms with Crippen LogP contribution in [0.25, 0.3) is 0 Å². The van der Waals surface area contributed by atoms with Crippen LogP contribution in [0.3, 0.4) is 0 Å². The number of hydrogen-bond acceptors (Lipinski definition) is 6. The molecule has 15 heavy (non-hydrogen) atoms. The van der Waals surface area contributed by atoms with E-state index in [1.807, 2.05) is 0 Å². The largest absolute Gasteiger partial charge is 0.393 e. The predicted molar refractivity (Wildman–Crippen MR) is 57.0 cm³/mol. The van der Waals surface area contributed by atoms with Crippen LogP contribution in [0.5, 0.6) is 0 Å². The molecule has 6 nitrogen and oxygen atoms in total. The van der Waals surface area contributed by atoms with Crippen LogP contribution in [0, 0.1) is 0 Å². The van der Waals surface area contributed by atoms with E-state index in [4.69, 9.17) is 16.7 Å². The van der Waals surface area contributed by atoms with Crippen molar-refractivity contribution in [3.8, 4) is 0 Å². The molecule has 1 aliphatic rings. The molecule has 0 radical (unpaired) electrons. The number of rotatable bonds is 3. The minimum absolute atomic E-state index is 0.150. The van der Waals surface area contributed by atoms with Crippen LogP contribution in [-0.4, -0.2) is 39.3 Å². The second-order valence-electron chi connectivity index (χ2n) is 3.47. The highest BCUT2D eigenvalue weighted by Crippen LogP contribution is 2.23. The lowest BCUT2D eigenvalue weighted by atomic mass is 9.90. The predicted octanol–water partition coefficient (Wildman–Crippen LogP) is 0.502. The molecule has 0 bridgehead atoms. The molecule has 1 aliphatic carbocycles. The Morgan fingerprint density at radius 3 is 2.53 bits per heavy atom. The van der Waals surface area contributed by atoms with Crippen molar-refractivity contribution in [3.63, 3.8) is 0 Å². The third kappa shape index (κ3) is 2.45. The fraction of sp³-hybridized carbons (Fsp3) is 0.625. The summed E-state index contributed by atoms with van der Waals surface area (Å²) in [5.74, 6) is 0.869. The van der Waals surface area contributed by atoms with E-state index in [1.165, 1.54) is 0 Å². The first-order chi connectivity index (χ1) is 7.17. The smallest absolute Gasteiger partial charge is 0.229 e. The van der Waals surface area contributed by atoms with Crippen molar-refractivity contribution in [1.29, 1.82) is 0 Å². The van der Waals surface area contributed by atoms with E-state index in [9.17, 15) is 0 Å². The molecule has 0 unspecified atom stereocenters. The minimum atomic E-state index is -0.205. The maximum Gasteiger partial charge on any atom is 0.229 e. The molecule has 3 N–H and O–H groups in total. The summed E-state index contributed by atoms with van der Waals surface area (Å²) in [5, 5.41) is 15.1. The van der Waals surface area contributed by atoms with E-state index < -0.39 is 0 Å². The summed E-state index contributed by atoms with van der Waals surface area (Å²) in [7, 11) is 1.71. The molecule has 1 aromatic rings. The summed E-state index contributed by atoms with van der Waals surface area (Å²) < 4.78 is 0. The first kappa shape index (κ1) is 10.4. The Kier molecular flexibility index (Phi) is 2.88. The number of nitrogens with zero attached hydrogens (tertiary/aromatic N) is 3. The monoisotopic (exact) mass is 229 g/mol. The van der Waals surface area contributed by atoms with Gasteiger partial charge in [-0.15, -0.1) is 0 Å². The fourth-order valence-electron chi connectivity index (χ4n) is 1.41. The first-order valence-electron chi connectivity index (χ1n) is 4.71. The Balaban J connectivity index is 2.04. The zero-order valence-electron chi connectivity index (χ0n) is 8.24. The number of aliphatic hydroxyl groups is 1. The van der Waals surface area contributed by atoms with Gasteiger partial charge in [0.15, 0.2) is 0 Å². The van der Waals surface area contributed by atoms with Gasteiger partial charge in [0.25, 0.3) is 0 Å². The molecule has 82 valence electrons. The van der Waals surface area contributed by atoms with E-state index in [2.05, 4.69) is 25.6 Å². The highest BCUT2D eigenvalue weighted by atomic mass is 35.5. The van der Waals surface area contributed by atoms with E-state index in [0.29, 0.717) is 11.9 Å². The number of nitrogens with one attached hydrogen (secondary N) is 2. The summed E-state index contributed by atoms with van der Waals surface area (Å²) in [6, 6.07) is 0.225. The number of hydrogen-bond donors (Lipinski definition) is 3. The van der Waals surface area contributed by atoms with E-state index in [0.717, 1.165) is 12.8 Å². The van der Waals surface area contributed by atoms with Crippen LogP contribution in [-0.2, 0) is 0 Å². The number of aromatic nitrogens is 3. The van der Waals surface area contributed by atoms with Gasteiger partial charge in [0.2, 0.25) is 17.2 Å². The molecule has 0 saturated heterocycles. The van der Waals surface area contributed by atoms with Crippen LogP contribution in [0.2, 0.25) is 5.28 Å². The van der Waals surface area contributed by atoms with Crippen molar-refractivity contribution in [1.82, 2.24) is 15.0 Å². The number of anilines is 2. The normalized spacial score (nSPS) is 24.5. The molecule has 2 rings (SSSR count). The Labute approximate surface area is 92.1 Å². The highest BCUT2D eigenvalue weighted by molar-refractivity contribution is 6.28. The molecular formula is C8H12ClN5O. The second kappa shape index (κ2) is 4.16. The average Bonchev–Trinajstić information content (AvgIpc) is 2.14. The lowest BCUT2D eigenvalue weighted by molar-refractivity contribution is 0.0834. The van der Waals surface area contributed by atoms with Crippen LogP contribution in [0.4, 0.5) is 11.9 Å². The van der Waals surface area contributed by atoms with Crippen LogP contribution >= 0.6 is 11.6 Å². The second-order valence-corrected chi connectivity index (χ2v) is 3.81. The molecule has 0 amide bonds. The van der Waals surface area contributed by atoms with Gasteiger partial charge in [0.1, 0.15) is 0 Å². The molecular weight excluding hydrogens is 218 g/mol. The maximum atomic E-state index is 9.12. The van der Waals surface area contributed by atoms with Crippen molar-refractivity contribution >= 4 is 23.5 Å². The van der Waals surface area contributed by atoms with E-state index in [-0.39, 0.29) is 17.4 Å². The molecule has 1 heterocycles. The van der Waals surface area contributed by atoms with Gasteiger partial charge in [0.05, 0.1) is 6.10 Å². The number of halogens is 1. The number of aliphatic hydroxyl groups excluding tert-OH is 1. The summed E-state index contributed by atoms with van der Waals surface area (Å²) in [6.07, 6.45) is 1.24. The lowest BCUT2D eigenvalue weighted by Gasteiger charge is -2.31. The molecule has 0 aliphatic heterocycles. The van der Waals surface area contributed by atoms with Crippen molar-refractivity contribution in [2.24, 2.45) is 0 Å². The van der Waals surface area contributed by atoms with Gasteiger partial charge in [-0.05, 0) is 24.4 Å². The maximum absolute atomic E-state index is 9.12. The topological polar surface area (TPSA) is 83.0 Å². The Morgan fingerprint density at radius 2 is 1.93 bits per heavy atom. The zero-order chi connectivity index (χ0) is 10.8. The third-order valence-electron chi connectivity index (χ3n) is 2.28. The molecule has 1 saturated carbocycles. The van der Waals surface area contributed by atoms with Crippen molar-refractivity contribution in [2.45, 2.75) is 25.0 Å². The fourth-order valence-corrected chi connectivity index (χ4v) is 1.57. The van der Waals surface area contributed by atoms with Gasteiger partial charge < -0.3 is 15.7 Å². The Morgan fingerprint density at radius 1 is 1.27 bits per heavy atom. The molecule has 1 aromatic heterocycles. The first-order valence-corrected chi connectivity index (χ1v) is 5.09. The summed E-state index contributed by atoms with van der Waals surface area (Å²) >= 11 is 5.71. The van der Waals surface area contributed by atoms with Crippen molar-refractivity contribution in [3.05, 3.63) is 5.28 Å². The molecule has 0 spiro atoms. The zero-order valence-corrected chi connectivity index (χ0v) is 8.99. The Bertz CT molecular complexity index is 355. The Hall–Kier alpha value is -1.14. The van der Waals surface area contributed by atoms with Crippen LogP contribution in [0.1, 0.15) is 12.8 Å².